The van der Waals surface area contributed by atoms with Gasteiger partial charge in [0.05, 0.1) is 7.11 Å². The molecule has 0 saturated heterocycles. The van der Waals surface area contributed by atoms with Gasteiger partial charge in [0.1, 0.15) is 11.3 Å². The maximum absolute atomic E-state index is 11.3. The molecule has 2 rings (SSSR count). The second kappa shape index (κ2) is 3.10. The van der Waals surface area contributed by atoms with E-state index >= 15 is 0 Å². The van der Waals surface area contributed by atoms with Gasteiger partial charge < -0.3 is 9.15 Å². The molecule has 0 amide bonds. The van der Waals surface area contributed by atoms with Crippen molar-refractivity contribution in [3.8, 4) is 5.75 Å². The van der Waals surface area contributed by atoms with Crippen molar-refractivity contribution in [2.75, 3.05) is 7.11 Å². The standard InChI is InChI=1S/C9H8N2O3/c1-5-11-7-6(13-2)3-4-10-8(7)9(12)14-5/h3-4H,1-2H3. The van der Waals surface area contributed by atoms with Crippen molar-refractivity contribution in [1.82, 2.24) is 9.97 Å². The van der Waals surface area contributed by atoms with Crippen molar-refractivity contribution in [3.05, 3.63) is 28.6 Å². The minimum Gasteiger partial charge on any atom is -0.494 e. The van der Waals surface area contributed by atoms with E-state index in [1.807, 2.05) is 0 Å². The third kappa shape index (κ3) is 1.22. The Balaban J connectivity index is 2.94. The highest BCUT2D eigenvalue weighted by atomic mass is 16.5. The predicted molar refractivity (Wildman–Crippen MR) is 49.4 cm³/mol. The third-order valence-corrected chi connectivity index (χ3v) is 1.81. The number of nitrogens with zero attached hydrogens (tertiary/aromatic N) is 2. The monoisotopic (exact) mass is 192 g/mol. The molecular formula is C9H8N2O3. The van der Waals surface area contributed by atoms with Gasteiger partial charge in [0.2, 0.25) is 0 Å². The summed E-state index contributed by atoms with van der Waals surface area (Å²) >= 11 is 0. The Kier molecular flexibility index (Phi) is 1.92. The van der Waals surface area contributed by atoms with Crippen LogP contribution in [0, 0.1) is 6.92 Å². The predicted octanol–water partition coefficient (Wildman–Crippen LogP) is 0.900. The van der Waals surface area contributed by atoms with Crippen molar-refractivity contribution in [1.29, 1.82) is 0 Å². The maximum Gasteiger partial charge on any atom is 0.365 e. The molecule has 0 fully saturated rings. The first-order valence-electron chi connectivity index (χ1n) is 4.03. The smallest absolute Gasteiger partial charge is 0.365 e. The van der Waals surface area contributed by atoms with Crippen LogP contribution in [0.15, 0.2) is 21.5 Å². The van der Waals surface area contributed by atoms with Gasteiger partial charge in [0.25, 0.3) is 0 Å². The number of fused-ring (bicyclic) bond motifs is 1. The summed E-state index contributed by atoms with van der Waals surface area (Å²) in [7, 11) is 1.51. The van der Waals surface area contributed by atoms with Crippen molar-refractivity contribution < 1.29 is 9.15 Å². The zero-order valence-electron chi connectivity index (χ0n) is 7.77. The van der Waals surface area contributed by atoms with Gasteiger partial charge in [-0.3, -0.25) is 0 Å². The van der Waals surface area contributed by atoms with Crippen LogP contribution in [0.3, 0.4) is 0 Å². The number of hydrogen-bond acceptors (Lipinski definition) is 5. The van der Waals surface area contributed by atoms with Crippen LogP contribution >= 0.6 is 0 Å². The van der Waals surface area contributed by atoms with Gasteiger partial charge in [-0.25, -0.2) is 14.8 Å². The number of rotatable bonds is 1. The number of aromatic nitrogens is 2. The molecule has 0 radical (unpaired) electrons. The topological polar surface area (TPSA) is 65.2 Å². The molecule has 0 atom stereocenters. The lowest BCUT2D eigenvalue weighted by Gasteiger charge is -2.02. The molecule has 0 aromatic carbocycles. The Morgan fingerprint density at radius 1 is 1.43 bits per heavy atom. The number of aryl methyl sites for hydroxylation is 1. The minimum atomic E-state index is -0.494. The molecule has 0 saturated carbocycles. The minimum absolute atomic E-state index is 0.190. The van der Waals surface area contributed by atoms with E-state index in [0.717, 1.165) is 0 Å². The lowest BCUT2D eigenvalue weighted by atomic mass is 10.3. The van der Waals surface area contributed by atoms with Gasteiger partial charge in [0, 0.05) is 19.2 Å². The second-order valence-electron chi connectivity index (χ2n) is 2.73. The highest BCUT2D eigenvalue weighted by Gasteiger charge is 2.08. The van der Waals surface area contributed by atoms with Crippen LogP contribution in [0.25, 0.3) is 11.0 Å². The summed E-state index contributed by atoms with van der Waals surface area (Å²) in [4.78, 5) is 19.3. The molecule has 2 heterocycles. The Labute approximate surface area is 79.4 Å². The molecule has 14 heavy (non-hydrogen) atoms. The van der Waals surface area contributed by atoms with E-state index in [9.17, 15) is 4.79 Å². The number of hydrogen-bond donors (Lipinski definition) is 0. The molecule has 0 N–H and O–H groups in total. The normalized spacial score (nSPS) is 10.4. The van der Waals surface area contributed by atoms with E-state index in [-0.39, 0.29) is 5.52 Å². The van der Waals surface area contributed by atoms with E-state index in [0.29, 0.717) is 17.2 Å². The van der Waals surface area contributed by atoms with Crippen molar-refractivity contribution in [2.45, 2.75) is 6.92 Å². The Bertz CT molecular complexity index is 533. The van der Waals surface area contributed by atoms with Crippen molar-refractivity contribution in [3.63, 3.8) is 0 Å². The van der Waals surface area contributed by atoms with E-state index < -0.39 is 5.63 Å². The molecule has 0 aliphatic rings. The lowest BCUT2D eigenvalue weighted by molar-refractivity contribution is 0.415. The summed E-state index contributed by atoms with van der Waals surface area (Å²) in [5.74, 6) is 0.819. The number of methoxy groups -OCH3 is 1. The average molecular weight is 192 g/mol. The van der Waals surface area contributed by atoms with Crippen molar-refractivity contribution in [2.24, 2.45) is 0 Å². The van der Waals surface area contributed by atoms with Crippen LogP contribution in [0.2, 0.25) is 0 Å². The van der Waals surface area contributed by atoms with Gasteiger partial charge in [0.15, 0.2) is 11.4 Å². The van der Waals surface area contributed by atoms with Crippen LogP contribution in [0.1, 0.15) is 5.89 Å². The van der Waals surface area contributed by atoms with Crippen LogP contribution < -0.4 is 10.4 Å². The maximum atomic E-state index is 11.3. The van der Waals surface area contributed by atoms with Crippen LogP contribution in [0.4, 0.5) is 0 Å². The van der Waals surface area contributed by atoms with E-state index in [1.54, 1.807) is 13.0 Å². The first-order chi connectivity index (χ1) is 6.72. The van der Waals surface area contributed by atoms with E-state index in [4.69, 9.17) is 9.15 Å². The number of pyridine rings is 1. The molecule has 72 valence electrons. The molecular weight excluding hydrogens is 184 g/mol. The number of ether oxygens (including phenoxy) is 1. The molecule has 0 bridgehead atoms. The summed E-state index contributed by atoms with van der Waals surface area (Å²) in [5.41, 5.74) is 0.130. The summed E-state index contributed by atoms with van der Waals surface area (Å²) in [5, 5.41) is 0. The van der Waals surface area contributed by atoms with Gasteiger partial charge in [-0.2, -0.15) is 0 Å². The van der Waals surface area contributed by atoms with Gasteiger partial charge in [-0.1, -0.05) is 0 Å². The molecule has 2 aromatic rings. The fraction of sp³-hybridized carbons (Fsp3) is 0.222. The zero-order valence-corrected chi connectivity index (χ0v) is 7.77. The molecule has 5 nitrogen and oxygen atoms in total. The van der Waals surface area contributed by atoms with Crippen LogP contribution in [-0.2, 0) is 0 Å². The largest absolute Gasteiger partial charge is 0.494 e. The fourth-order valence-electron chi connectivity index (χ4n) is 1.22. The first-order valence-corrected chi connectivity index (χ1v) is 4.03. The first kappa shape index (κ1) is 8.68. The summed E-state index contributed by atoms with van der Waals surface area (Å²) in [6.07, 6.45) is 1.48. The Morgan fingerprint density at radius 2 is 2.21 bits per heavy atom. The summed E-state index contributed by atoms with van der Waals surface area (Å²) in [6.45, 7) is 1.60. The summed E-state index contributed by atoms with van der Waals surface area (Å²) < 4.78 is 9.86. The summed E-state index contributed by atoms with van der Waals surface area (Å²) in [6, 6.07) is 1.65. The van der Waals surface area contributed by atoms with Gasteiger partial charge in [-0.15, -0.1) is 0 Å². The molecule has 2 aromatic heterocycles. The van der Waals surface area contributed by atoms with Crippen LogP contribution in [-0.4, -0.2) is 17.1 Å². The molecule has 0 unspecified atom stereocenters. The molecule has 0 aliphatic heterocycles. The molecule has 5 heteroatoms. The lowest BCUT2D eigenvalue weighted by Crippen LogP contribution is -2.05. The van der Waals surface area contributed by atoms with Gasteiger partial charge in [-0.05, 0) is 0 Å². The van der Waals surface area contributed by atoms with E-state index in [2.05, 4.69) is 9.97 Å². The SMILES string of the molecule is COc1ccnc2c(=O)oc(C)nc12. The van der Waals surface area contributed by atoms with Crippen LogP contribution in [0.5, 0.6) is 5.75 Å². The second-order valence-corrected chi connectivity index (χ2v) is 2.73. The third-order valence-electron chi connectivity index (χ3n) is 1.81. The molecule has 0 spiro atoms. The van der Waals surface area contributed by atoms with E-state index in [1.165, 1.54) is 13.3 Å². The Morgan fingerprint density at radius 3 is 2.93 bits per heavy atom. The van der Waals surface area contributed by atoms with Gasteiger partial charge >= 0.3 is 5.63 Å². The van der Waals surface area contributed by atoms with Crippen molar-refractivity contribution >= 4 is 11.0 Å². The Hall–Kier alpha value is -1.91. The average Bonchev–Trinajstić information content (AvgIpc) is 2.17. The fourth-order valence-corrected chi connectivity index (χ4v) is 1.22. The zero-order chi connectivity index (χ0) is 10.1. The highest BCUT2D eigenvalue weighted by Crippen LogP contribution is 2.18. The molecule has 0 aliphatic carbocycles. The quantitative estimate of drug-likeness (QED) is 0.671. The highest BCUT2D eigenvalue weighted by molar-refractivity contribution is 5.79.